The van der Waals surface area contributed by atoms with Crippen molar-refractivity contribution in [2.45, 2.75) is 91.0 Å². The molecule has 1 saturated carbocycles. The van der Waals surface area contributed by atoms with Crippen LogP contribution in [0.5, 0.6) is 0 Å². The Labute approximate surface area is 195 Å². The minimum Gasteiger partial charge on any atom is -0.353 e. The van der Waals surface area contributed by atoms with Gasteiger partial charge in [0.15, 0.2) is 6.29 Å². The number of hydrogen-bond acceptors (Lipinski definition) is 7. The summed E-state index contributed by atoms with van der Waals surface area (Å²) in [4.78, 5) is 52.1. The van der Waals surface area contributed by atoms with Crippen molar-refractivity contribution in [3.63, 3.8) is 0 Å². The Morgan fingerprint density at radius 1 is 1.00 bits per heavy atom. The van der Waals surface area contributed by atoms with E-state index in [9.17, 15) is 19.2 Å². The second kappa shape index (κ2) is 11.9. The van der Waals surface area contributed by atoms with Crippen molar-refractivity contribution in [3.05, 3.63) is 0 Å². The maximum atomic E-state index is 12.4. The van der Waals surface area contributed by atoms with E-state index in [2.05, 4.69) is 26.1 Å². The van der Waals surface area contributed by atoms with Gasteiger partial charge in [0.2, 0.25) is 5.91 Å². The monoisotopic (exact) mass is 466 g/mol. The first kappa shape index (κ1) is 25.6. The summed E-state index contributed by atoms with van der Waals surface area (Å²) < 4.78 is 12.2. The third-order valence-electron chi connectivity index (χ3n) is 7.44. The van der Waals surface area contributed by atoms with Gasteiger partial charge < -0.3 is 19.6 Å². The molecule has 0 aromatic rings. The van der Waals surface area contributed by atoms with E-state index in [1.807, 2.05) is 0 Å². The van der Waals surface area contributed by atoms with Crippen LogP contribution in [0.3, 0.4) is 0 Å². The van der Waals surface area contributed by atoms with Crippen LogP contribution in [0.2, 0.25) is 0 Å². The Balaban J connectivity index is 1.36. The van der Waals surface area contributed by atoms with Crippen molar-refractivity contribution < 1.29 is 33.5 Å². The summed E-state index contributed by atoms with van der Waals surface area (Å²) in [6.45, 7) is 7.38. The van der Waals surface area contributed by atoms with Gasteiger partial charge in [0, 0.05) is 44.2 Å². The van der Waals surface area contributed by atoms with E-state index in [-0.39, 0.29) is 49.4 Å². The van der Waals surface area contributed by atoms with Gasteiger partial charge in [0.05, 0.1) is 6.10 Å². The van der Waals surface area contributed by atoms with Gasteiger partial charge in [-0.3, -0.25) is 14.4 Å². The normalized spacial score (nSPS) is 30.6. The molecule has 3 amide bonds. The molecule has 9 nitrogen and oxygen atoms in total. The van der Waals surface area contributed by atoms with E-state index in [1.54, 1.807) is 0 Å². The Bertz CT molecular complexity index is 706. The van der Waals surface area contributed by atoms with Crippen molar-refractivity contribution >= 4 is 23.7 Å². The first-order chi connectivity index (χ1) is 15.8. The summed E-state index contributed by atoms with van der Waals surface area (Å²) in [6.07, 6.45) is 5.16. The highest BCUT2D eigenvalue weighted by Gasteiger charge is 2.40. The molecule has 0 spiro atoms. The van der Waals surface area contributed by atoms with Gasteiger partial charge in [-0.15, -0.1) is 5.06 Å². The standard InChI is InChI=1S/C24H38N2O7/c1-15-16(2)19(14-25-23(30)18-8-4-5-9-18)32-24(17(15)3)31-13-7-6-10-22(29)33-26-20(27)11-12-21(26)28/h15-19,24H,4-14H2,1-3H3,(H,25,30). The zero-order valence-electron chi connectivity index (χ0n) is 20.0. The van der Waals surface area contributed by atoms with Gasteiger partial charge in [-0.1, -0.05) is 33.6 Å². The largest absolute Gasteiger partial charge is 0.353 e. The molecule has 5 unspecified atom stereocenters. The molecule has 1 aliphatic carbocycles. The highest BCUT2D eigenvalue weighted by molar-refractivity contribution is 6.01. The summed E-state index contributed by atoms with van der Waals surface area (Å²) in [6, 6.07) is 0. The summed E-state index contributed by atoms with van der Waals surface area (Å²) in [5.74, 6) is -0.385. The van der Waals surface area contributed by atoms with E-state index >= 15 is 0 Å². The van der Waals surface area contributed by atoms with Crippen LogP contribution in [-0.2, 0) is 33.5 Å². The molecule has 3 rings (SSSR count). The fourth-order valence-corrected chi connectivity index (χ4v) is 4.82. The number of unbranched alkanes of at least 4 members (excludes halogenated alkanes) is 1. The van der Waals surface area contributed by atoms with Gasteiger partial charge in [0.25, 0.3) is 11.8 Å². The summed E-state index contributed by atoms with van der Waals surface area (Å²) >= 11 is 0. The first-order valence-corrected chi connectivity index (χ1v) is 12.4. The number of rotatable bonds is 10. The first-order valence-electron chi connectivity index (χ1n) is 12.4. The number of ether oxygens (including phenoxy) is 2. The van der Waals surface area contributed by atoms with Crippen LogP contribution >= 0.6 is 0 Å². The van der Waals surface area contributed by atoms with E-state index in [1.165, 1.54) is 0 Å². The molecule has 0 radical (unpaired) electrons. The minimum atomic E-state index is -0.596. The van der Waals surface area contributed by atoms with Gasteiger partial charge in [0.1, 0.15) is 0 Å². The van der Waals surface area contributed by atoms with E-state index in [0.29, 0.717) is 42.9 Å². The van der Waals surface area contributed by atoms with Gasteiger partial charge in [-0.25, -0.2) is 4.79 Å². The van der Waals surface area contributed by atoms with Crippen LogP contribution in [0.25, 0.3) is 0 Å². The number of carbonyl (C=O) groups excluding carboxylic acids is 4. The predicted octanol–water partition coefficient (Wildman–Crippen LogP) is 2.72. The summed E-state index contributed by atoms with van der Waals surface area (Å²) in [7, 11) is 0. The number of hydroxylamine groups is 2. The Morgan fingerprint density at radius 2 is 1.67 bits per heavy atom. The Morgan fingerprint density at radius 3 is 2.33 bits per heavy atom. The fraction of sp³-hybridized carbons (Fsp3) is 0.833. The molecule has 33 heavy (non-hydrogen) atoms. The molecule has 2 heterocycles. The van der Waals surface area contributed by atoms with Crippen LogP contribution in [0.15, 0.2) is 0 Å². The molecule has 2 saturated heterocycles. The van der Waals surface area contributed by atoms with Crippen molar-refractivity contribution in [1.82, 2.24) is 10.4 Å². The number of nitrogens with one attached hydrogen (secondary N) is 1. The van der Waals surface area contributed by atoms with Crippen LogP contribution in [0, 0.1) is 23.7 Å². The molecule has 5 atom stereocenters. The smallest absolute Gasteiger partial charge is 0.333 e. The number of amides is 3. The predicted molar refractivity (Wildman–Crippen MR) is 118 cm³/mol. The molecule has 3 fully saturated rings. The van der Waals surface area contributed by atoms with Crippen molar-refractivity contribution in [1.29, 1.82) is 0 Å². The second-order valence-corrected chi connectivity index (χ2v) is 9.72. The van der Waals surface area contributed by atoms with Gasteiger partial charge >= 0.3 is 5.97 Å². The molecule has 3 aliphatic rings. The quantitative estimate of drug-likeness (QED) is 0.389. The summed E-state index contributed by atoms with van der Waals surface area (Å²) in [5.41, 5.74) is 0. The molecule has 9 heteroatoms. The van der Waals surface area contributed by atoms with Crippen molar-refractivity contribution in [3.8, 4) is 0 Å². The lowest BCUT2D eigenvalue weighted by atomic mass is 9.79. The lowest BCUT2D eigenvalue weighted by molar-refractivity contribution is -0.246. The highest BCUT2D eigenvalue weighted by atomic mass is 16.7. The lowest BCUT2D eigenvalue weighted by Crippen LogP contribution is -2.50. The lowest BCUT2D eigenvalue weighted by Gasteiger charge is -2.43. The maximum absolute atomic E-state index is 12.4. The van der Waals surface area contributed by atoms with E-state index in [0.717, 1.165) is 25.7 Å². The molecule has 1 N–H and O–H groups in total. The topological polar surface area (TPSA) is 111 Å². The van der Waals surface area contributed by atoms with E-state index in [4.69, 9.17) is 14.3 Å². The van der Waals surface area contributed by atoms with Crippen LogP contribution < -0.4 is 5.32 Å². The third-order valence-corrected chi connectivity index (χ3v) is 7.44. The molecule has 0 aromatic heterocycles. The van der Waals surface area contributed by atoms with Crippen LogP contribution in [0.1, 0.15) is 78.6 Å². The number of imide groups is 1. The summed E-state index contributed by atoms with van der Waals surface area (Å²) in [5, 5.41) is 3.66. The average Bonchev–Trinajstić information content (AvgIpc) is 3.44. The Kier molecular flexibility index (Phi) is 9.26. The number of carbonyl (C=O) groups is 4. The van der Waals surface area contributed by atoms with Gasteiger partial charge in [-0.05, 0) is 37.5 Å². The van der Waals surface area contributed by atoms with Crippen molar-refractivity contribution in [2.24, 2.45) is 23.7 Å². The number of nitrogens with zero attached hydrogens (tertiary/aromatic N) is 1. The molecular weight excluding hydrogens is 428 g/mol. The molecule has 186 valence electrons. The molecular formula is C24H38N2O7. The van der Waals surface area contributed by atoms with Crippen LogP contribution in [0.4, 0.5) is 0 Å². The Hall–Kier alpha value is -2.00. The molecule has 0 aromatic carbocycles. The average molecular weight is 467 g/mol. The van der Waals surface area contributed by atoms with E-state index < -0.39 is 17.8 Å². The number of hydrogen-bond donors (Lipinski definition) is 1. The maximum Gasteiger partial charge on any atom is 0.333 e. The minimum absolute atomic E-state index is 0.0851. The zero-order chi connectivity index (χ0) is 24.0. The SMILES string of the molecule is CC1C(CNC(=O)C2CCCC2)OC(OCCCCC(=O)ON2C(=O)CCC2=O)C(C)C1C. The highest BCUT2D eigenvalue weighted by Crippen LogP contribution is 2.35. The van der Waals surface area contributed by atoms with Crippen molar-refractivity contribution in [2.75, 3.05) is 13.2 Å². The van der Waals surface area contributed by atoms with Crippen LogP contribution in [-0.4, -0.2) is 54.3 Å². The second-order valence-electron chi connectivity index (χ2n) is 9.72. The third kappa shape index (κ3) is 6.76. The molecule has 2 aliphatic heterocycles. The van der Waals surface area contributed by atoms with Gasteiger partial charge in [-0.2, -0.15) is 0 Å². The molecule has 0 bridgehead atoms. The zero-order valence-corrected chi connectivity index (χ0v) is 20.0. The fourth-order valence-electron chi connectivity index (χ4n) is 4.82.